The molecule has 1 aromatic carbocycles. The highest BCUT2D eigenvalue weighted by Crippen LogP contribution is 2.21. The van der Waals surface area contributed by atoms with Gasteiger partial charge in [0.15, 0.2) is 0 Å². The van der Waals surface area contributed by atoms with Gasteiger partial charge in [-0.15, -0.1) is 12.4 Å². The van der Waals surface area contributed by atoms with Crippen LogP contribution in [0, 0.1) is 16.0 Å². The number of halogens is 1. The molecule has 0 aliphatic carbocycles. The molecule has 0 amide bonds. The molecule has 1 saturated heterocycles. The molecule has 0 spiro atoms. The number of nitrogens with zero attached hydrogens (tertiary/aromatic N) is 2. The van der Waals surface area contributed by atoms with Crippen molar-refractivity contribution >= 4 is 18.1 Å². The maximum Gasteiger partial charge on any atom is 0.269 e. The van der Waals surface area contributed by atoms with Gasteiger partial charge in [-0.2, -0.15) is 0 Å². The first-order valence-corrected chi connectivity index (χ1v) is 6.77. The fraction of sp³-hybridized carbons (Fsp3) is 0.571. The van der Waals surface area contributed by atoms with Crippen LogP contribution in [-0.4, -0.2) is 29.0 Å². The van der Waals surface area contributed by atoms with Gasteiger partial charge in [-0.05, 0) is 37.8 Å². The number of likely N-dealkylation sites (tertiary alicyclic amines) is 1. The number of nitro groups is 1. The van der Waals surface area contributed by atoms with Crippen LogP contribution >= 0.6 is 12.4 Å². The molecule has 5 nitrogen and oxygen atoms in total. The van der Waals surface area contributed by atoms with Gasteiger partial charge in [0.2, 0.25) is 0 Å². The highest BCUT2D eigenvalue weighted by atomic mass is 35.5. The first-order chi connectivity index (χ1) is 9.06. The fourth-order valence-electron chi connectivity index (χ4n) is 2.65. The Labute approximate surface area is 125 Å². The molecule has 0 saturated carbocycles. The molecule has 112 valence electrons. The van der Waals surface area contributed by atoms with E-state index in [0.717, 1.165) is 25.2 Å². The quantitative estimate of drug-likeness (QED) is 0.685. The Balaban J connectivity index is 0.00000200. The van der Waals surface area contributed by atoms with E-state index in [1.807, 2.05) is 12.1 Å². The van der Waals surface area contributed by atoms with E-state index in [0.29, 0.717) is 5.92 Å². The van der Waals surface area contributed by atoms with Crippen molar-refractivity contribution < 1.29 is 4.92 Å². The van der Waals surface area contributed by atoms with Crippen molar-refractivity contribution in [1.29, 1.82) is 0 Å². The Morgan fingerprint density at radius 2 is 2.10 bits per heavy atom. The van der Waals surface area contributed by atoms with Gasteiger partial charge in [0.05, 0.1) is 4.92 Å². The minimum absolute atomic E-state index is 0. The lowest BCUT2D eigenvalue weighted by Gasteiger charge is -2.34. The molecule has 1 fully saturated rings. The molecule has 0 radical (unpaired) electrons. The SMILES string of the molecule is CC(N)C1CCCN(Cc2ccc([N+](=O)[O-])cc2)C1.Cl. The Hall–Kier alpha value is -1.17. The van der Waals surface area contributed by atoms with Crippen molar-refractivity contribution in [2.24, 2.45) is 11.7 Å². The molecule has 1 aliphatic heterocycles. The number of non-ortho nitro benzene ring substituents is 1. The van der Waals surface area contributed by atoms with E-state index in [9.17, 15) is 10.1 Å². The standard InChI is InChI=1S/C14H21N3O2.ClH/c1-11(15)13-3-2-8-16(10-13)9-12-4-6-14(7-5-12)17(18)19;/h4-7,11,13H,2-3,8-10,15H2,1H3;1H. The van der Waals surface area contributed by atoms with Crippen LogP contribution in [0.5, 0.6) is 0 Å². The average Bonchev–Trinajstić information content (AvgIpc) is 2.39. The molecular formula is C14H22ClN3O2. The summed E-state index contributed by atoms with van der Waals surface area (Å²) in [5.74, 6) is 0.562. The summed E-state index contributed by atoms with van der Waals surface area (Å²) in [5.41, 5.74) is 7.24. The Morgan fingerprint density at radius 1 is 1.45 bits per heavy atom. The summed E-state index contributed by atoms with van der Waals surface area (Å²) in [4.78, 5) is 12.6. The van der Waals surface area contributed by atoms with Crippen LogP contribution in [-0.2, 0) is 6.54 Å². The lowest BCUT2D eigenvalue weighted by molar-refractivity contribution is -0.384. The minimum Gasteiger partial charge on any atom is -0.328 e. The van der Waals surface area contributed by atoms with E-state index in [2.05, 4.69) is 11.8 Å². The van der Waals surface area contributed by atoms with Gasteiger partial charge >= 0.3 is 0 Å². The Morgan fingerprint density at radius 3 is 2.65 bits per heavy atom. The molecule has 1 aliphatic rings. The van der Waals surface area contributed by atoms with Crippen molar-refractivity contribution in [3.63, 3.8) is 0 Å². The highest BCUT2D eigenvalue weighted by Gasteiger charge is 2.22. The zero-order chi connectivity index (χ0) is 13.8. The summed E-state index contributed by atoms with van der Waals surface area (Å²) in [5, 5.41) is 10.6. The number of nitro benzene ring substituents is 1. The highest BCUT2D eigenvalue weighted by molar-refractivity contribution is 5.85. The molecule has 0 aromatic heterocycles. The second kappa shape index (κ2) is 7.57. The number of benzene rings is 1. The third-order valence-electron chi connectivity index (χ3n) is 3.84. The van der Waals surface area contributed by atoms with Crippen molar-refractivity contribution in [2.45, 2.75) is 32.4 Å². The topological polar surface area (TPSA) is 72.4 Å². The van der Waals surface area contributed by atoms with Crippen molar-refractivity contribution in [3.05, 3.63) is 39.9 Å². The van der Waals surface area contributed by atoms with Crippen LogP contribution < -0.4 is 5.73 Å². The first-order valence-electron chi connectivity index (χ1n) is 6.77. The van der Waals surface area contributed by atoms with Crippen LogP contribution in [0.1, 0.15) is 25.3 Å². The van der Waals surface area contributed by atoms with E-state index in [4.69, 9.17) is 5.73 Å². The normalized spacial score (nSPS) is 21.0. The molecule has 6 heteroatoms. The predicted molar refractivity (Wildman–Crippen MR) is 82.0 cm³/mol. The Kier molecular flexibility index (Phi) is 6.39. The number of nitrogens with two attached hydrogens (primary N) is 1. The van der Waals surface area contributed by atoms with Gasteiger partial charge in [-0.3, -0.25) is 15.0 Å². The van der Waals surface area contributed by atoms with Gasteiger partial charge in [-0.1, -0.05) is 12.1 Å². The van der Waals surface area contributed by atoms with Crippen LogP contribution in [0.25, 0.3) is 0 Å². The molecule has 0 bridgehead atoms. The van der Waals surface area contributed by atoms with E-state index < -0.39 is 0 Å². The summed E-state index contributed by atoms with van der Waals surface area (Å²) in [6, 6.07) is 7.06. The molecular weight excluding hydrogens is 278 g/mol. The van der Waals surface area contributed by atoms with E-state index in [-0.39, 0.29) is 29.1 Å². The van der Waals surface area contributed by atoms with Gasteiger partial charge in [0.25, 0.3) is 5.69 Å². The van der Waals surface area contributed by atoms with Crippen LogP contribution in [0.15, 0.2) is 24.3 Å². The second-order valence-corrected chi connectivity index (χ2v) is 5.42. The maximum atomic E-state index is 10.6. The summed E-state index contributed by atoms with van der Waals surface area (Å²) >= 11 is 0. The number of hydrogen-bond donors (Lipinski definition) is 1. The summed E-state index contributed by atoms with van der Waals surface area (Å²) in [7, 11) is 0. The summed E-state index contributed by atoms with van der Waals surface area (Å²) < 4.78 is 0. The lowest BCUT2D eigenvalue weighted by atomic mass is 9.92. The number of hydrogen-bond acceptors (Lipinski definition) is 4. The van der Waals surface area contributed by atoms with Crippen molar-refractivity contribution in [1.82, 2.24) is 4.90 Å². The van der Waals surface area contributed by atoms with Crippen molar-refractivity contribution in [2.75, 3.05) is 13.1 Å². The molecule has 2 N–H and O–H groups in total. The zero-order valence-electron chi connectivity index (χ0n) is 11.7. The van der Waals surface area contributed by atoms with Gasteiger partial charge in [0.1, 0.15) is 0 Å². The molecule has 1 aromatic rings. The third-order valence-corrected chi connectivity index (χ3v) is 3.84. The van der Waals surface area contributed by atoms with Crippen LogP contribution in [0.2, 0.25) is 0 Å². The lowest BCUT2D eigenvalue weighted by Crippen LogP contribution is -2.41. The maximum absolute atomic E-state index is 10.6. The van der Waals surface area contributed by atoms with Crippen LogP contribution in [0.4, 0.5) is 5.69 Å². The number of rotatable bonds is 4. The molecule has 2 rings (SSSR count). The molecule has 1 heterocycles. The monoisotopic (exact) mass is 299 g/mol. The molecule has 20 heavy (non-hydrogen) atoms. The summed E-state index contributed by atoms with van der Waals surface area (Å²) in [6.07, 6.45) is 2.38. The largest absolute Gasteiger partial charge is 0.328 e. The van der Waals surface area contributed by atoms with E-state index in [1.165, 1.54) is 12.8 Å². The Bertz CT molecular complexity index is 437. The van der Waals surface area contributed by atoms with Gasteiger partial charge in [-0.25, -0.2) is 0 Å². The first kappa shape index (κ1) is 16.9. The fourth-order valence-corrected chi connectivity index (χ4v) is 2.65. The average molecular weight is 300 g/mol. The zero-order valence-corrected chi connectivity index (χ0v) is 12.5. The second-order valence-electron chi connectivity index (χ2n) is 5.42. The molecule has 2 unspecified atom stereocenters. The van der Waals surface area contributed by atoms with E-state index >= 15 is 0 Å². The smallest absolute Gasteiger partial charge is 0.269 e. The third kappa shape index (κ3) is 4.44. The predicted octanol–water partition coefficient (Wildman–Crippen LogP) is 2.58. The summed E-state index contributed by atoms with van der Waals surface area (Å²) in [6.45, 7) is 5.02. The number of piperidine rings is 1. The molecule has 2 atom stereocenters. The van der Waals surface area contributed by atoms with Gasteiger partial charge < -0.3 is 5.73 Å². The van der Waals surface area contributed by atoms with Gasteiger partial charge in [0, 0.05) is 31.3 Å². The minimum atomic E-state index is -0.364. The van der Waals surface area contributed by atoms with E-state index in [1.54, 1.807) is 12.1 Å². The van der Waals surface area contributed by atoms with Crippen molar-refractivity contribution in [3.8, 4) is 0 Å². The van der Waals surface area contributed by atoms with Crippen LogP contribution in [0.3, 0.4) is 0 Å².